The first-order chi connectivity index (χ1) is 9.49. The Kier molecular flexibility index (Phi) is 4.81. The quantitative estimate of drug-likeness (QED) is 0.883. The molecular weight excluding hydrogens is 325 g/mol. The lowest BCUT2D eigenvalue weighted by atomic mass is 9.90. The van der Waals surface area contributed by atoms with E-state index < -0.39 is 11.5 Å². The lowest BCUT2D eigenvalue weighted by Crippen LogP contribution is -2.49. The van der Waals surface area contributed by atoms with Crippen LogP contribution in [0.3, 0.4) is 0 Å². The second-order valence-corrected chi connectivity index (χ2v) is 6.21. The smallest absolute Gasteiger partial charge is 0.324 e. The highest BCUT2D eigenvalue weighted by atomic mass is 79.9. The normalized spacial score (nSPS) is 23.1. The van der Waals surface area contributed by atoms with E-state index in [-0.39, 0.29) is 5.82 Å². The van der Waals surface area contributed by atoms with E-state index in [0.717, 1.165) is 24.9 Å². The van der Waals surface area contributed by atoms with Gasteiger partial charge in [0.15, 0.2) is 0 Å². The molecule has 0 spiro atoms. The molecule has 1 saturated heterocycles. The summed E-state index contributed by atoms with van der Waals surface area (Å²) < 4.78 is 13.7. The maximum absolute atomic E-state index is 13.3. The summed E-state index contributed by atoms with van der Waals surface area (Å²) in [6.45, 7) is 3.34. The molecule has 0 aliphatic carbocycles. The van der Waals surface area contributed by atoms with E-state index in [2.05, 4.69) is 15.9 Å². The Morgan fingerprint density at radius 2 is 2.30 bits per heavy atom. The van der Waals surface area contributed by atoms with Gasteiger partial charge < -0.3 is 5.11 Å². The molecule has 0 amide bonds. The number of hydrogen-bond acceptors (Lipinski definition) is 2. The van der Waals surface area contributed by atoms with Crippen LogP contribution >= 0.6 is 15.9 Å². The first-order valence-corrected chi connectivity index (χ1v) is 7.71. The summed E-state index contributed by atoms with van der Waals surface area (Å²) in [6.07, 6.45) is 3.09. The Bertz CT molecular complexity index is 509. The monoisotopic (exact) mass is 343 g/mol. The van der Waals surface area contributed by atoms with Gasteiger partial charge in [0.05, 0.1) is 4.47 Å². The van der Waals surface area contributed by atoms with Crippen molar-refractivity contribution in [3.05, 3.63) is 34.1 Å². The molecule has 110 valence electrons. The van der Waals surface area contributed by atoms with Crippen LogP contribution in [0.25, 0.3) is 0 Å². The zero-order chi connectivity index (χ0) is 14.8. The third-order valence-electron chi connectivity index (χ3n) is 4.04. The number of rotatable bonds is 5. The lowest BCUT2D eigenvalue weighted by Gasteiger charge is -2.34. The average molecular weight is 344 g/mol. The van der Waals surface area contributed by atoms with Crippen LogP contribution in [-0.4, -0.2) is 28.1 Å². The number of carboxylic acids is 1. The molecule has 0 saturated carbocycles. The van der Waals surface area contributed by atoms with E-state index in [1.165, 1.54) is 6.07 Å². The molecule has 20 heavy (non-hydrogen) atoms. The zero-order valence-corrected chi connectivity index (χ0v) is 13.1. The molecule has 1 aliphatic rings. The molecule has 1 heterocycles. The molecule has 1 fully saturated rings. The van der Waals surface area contributed by atoms with Gasteiger partial charge in [-0.1, -0.05) is 19.4 Å². The highest BCUT2D eigenvalue weighted by molar-refractivity contribution is 9.10. The van der Waals surface area contributed by atoms with Crippen LogP contribution in [0.4, 0.5) is 4.39 Å². The van der Waals surface area contributed by atoms with Crippen LogP contribution in [0.15, 0.2) is 22.7 Å². The molecule has 1 N–H and O–H groups in total. The van der Waals surface area contributed by atoms with Crippen LogP contribution in [-0.2, 0) is 11.3 Å². The fourth-order valence-electron chi connectivity index (χ4n) is 3.07. The van der Waals surface area contributed by atoms with Gasteiger partial charge in [-0.2, -0.15) is 0 Å². The summed E-state index contributed by atoms with van der Waals surface area (Å²) in [5.41, 5.74) is 0.178. The van der Waals surface area contributed by atoms with Gasteiger partial charge in [0, 0.05) is 6.54 Å². The fourth-order valence-corrected chi connectivity index (χ4v) is 3.50. The molecular formula is C15H19BrFNO2. The van der Waals surface area contributed by atoms with Crippen molar-refractivity contribution in [3.8, 4) is 0 Å². The first-order valence-electron chi connectivity index (χ1n) is 6.92. The second kappa shape index (κ2) is 6.22. The molecule has 0 bridgehead atoms. The molecule has 5 heteroatoms. The topological polar surface area (TPSA) is 40.5 Å². The SMILES string of the molecule is CCCC1(C(=O)O)CCCN1Cc1ccc(F)c(Br)c1. The molecule has 1 aliphatic heterocycles. The minimum Gasteiger partial charge on any atom is -0.480 e. The van der Waals surface area contributed by atoms with Crippen molar-refractivity contribution in [2.24, 2.45) is 0 Å². The molecule has 0 aromatic heterocycles. The number of carboxylic acid groups (broad SMARTS) is 1. The van der Waals surface area contributed by atoms with Crippen molar-refractivity contribution < 1.29 is 14.3 Å². The van der Waals surface area contributed by atoms with Gasteiger partial charge in [0.2, 0.25) is 0 Å². The second-order valence-electron chi connectivity index (χ2n) is 5.36. The van der Waals surface area contributed by atoms with Crippen LogP contribution in [0.1, 0.15) is 38.2 Å². The molecule has 1 aromatic rings. The van der Waals surface area contributed by atoms with E-state index in [1.807, 2.05) is 11.8 Å². The number of benzene rings is 1. The van der Waals surface area contributed by atoms with Gasteiger partial charge in [-0.3, -0.25) is 9.69 Å². The summed E-state index contributed by atoms with van der Waals surface area (Å²) in [5.74, 6) is -1.04. The summed E-state index contributed by atoms with van der Waals surface area (Å²) in [4.78, 5) is 13.8. The van der Waals surface area contributed by atoms with Crippen molar-refractivity contribution in [3.63, 3.8) is 0 Å². The average Bonchev–Trinajstić information content (AvgIpc) is 2.79. The molecule has 1 aromatic carbocycles. The maximum atomic E-state index is 13.3. The van der Waals surface area contributed by atoms with Gasteiger partial charge in [0.25, 0.3) is 0 Å². The van der Waals surface area contributed by atoms with E-state index in [9.17, 15) is 14.3 Å². The van der Waals surface area contributed by atoms with Crippen LogP contribution < -0.4 is 0 Å². The van der Waals surface area contributed by atoms with E-state index in [1.54, 1.807) is 12.1 Å². The maximum Gasteiger partial charge on any atom is 0.324 e. The van der Waals surface area contributed by atoms with E-state index in [4.69, 9.17) is 0 Å². The summed E-state index contributed by atoms with van der Waals surface area (Å²) in [6, 6.07) is 4.86. The predicted molar refractivity (Wildman–Crippen MR) is 79.0 cm³/mol. The molecule has 0 radical (unpaired) electrons. The van der Waals surface area contributed by atoms with Crippen molar-refractivity contribution in [2.45, 2.75) is 44.7 Å². The Morgan fingerprint density at radius 3 is 2.90 bits per heavy atom. The van der Waals surface area contributed by atoms with Crippen LogP contribution in [0, 0.1) is 5.82 Å². The number of nitrogens with zero attached hydrogens (tertiary/aromatic N) is 1. The Balaban J connectivity index is 2.22. The summed E-state index contributed by atoms with van der Waals surface area (Å²) in [5, 5.41) is 9.63. The Hall–Kier alpha value is -0.940. The number of carbonyl (C=O) groups is 1. The zero-order valence-electron chi connectivity index (χ0n) is 11.5. The van der Waals surface area contributed by atoms with Crippen molar-refractivity contribution in [1.82, 2.24) is 4.90 Å². The van der Waals surface area contributed by atoms with E-state index in [0.29, 0.717) is 23.9 Å². The number of likely N-dealkylation sites (tertiary alicyclic amines) is 1. The third kappa shape index (κ3) is 2.88. The van der Waals surface area contributed by atoms with Crippen LogP contribution in [0.2, 0.25) is 0 Å². The molecule has 3 nitrogen and oxygen atoms in total. The number of hydrogen-bond donors (Lipinski definition) is 1. The summed E-state index contributed by atoms with van der Waals surface area (Å²) in [7, 11) is 0. The summed E-state index contributed by atoms with van der Waals surface area (Å²) >= 11 is 3.17. The first kappa shape index (κ1) is 15.4. The Morgan fingerprint density at radius 1 is 1.55 bits per heavy atom. The highest BCUT2D eigenvalue weighted by Gasteiger charge is 2.46. The van der Waals surface area contributed by atoms with Gasteiger partial charge in [-0.05, 0) is 59.4 Å². The van der Waals surface area contributed by atoms with Gasteiger partial charge >= 0.3 is 5.97 Å². The van der Waals surface area contributed by atoms with E-state index >= 15 is 0 Å². The molecule has 1 unspecified atom stereocenters. The number of aliphatic carboxylic acids is 1. The fraction of sp³-hybridized carbons (Fsp3) is 0.533. The van der Waals surface area contributed by atoms with Gasteiger partial charge in [-0.15, -0.1) is 0 Å². The van der Waals surface area contributed by atoms with Crippen molar-refractivity contribution >= 4 is 21.9 Å². The lowest BCUT2D eigenvalue weighted by molar-refractivity contribution is -0.150. The third-order valence-corrected chi connectivity index (χ3v) is 4.65. The van der Waals surface area contributed by atoms with Crippen LogP contribution in [0.5, 0.6) is 0 Å². The van der Waals surface area contributed by atoms with Crippen molar-refractivity contribution in [2.75, 3.05) is 6.54 Å². The largest absolute Gasteiger partial charge is 0.480 e. The minimum absolute atomic E-state index is 0.298. The highest BCUT2D eigenvalue weighted by Crippen LogP contribution is 2.35. The molecule has 1 atom stereocenters. The van der Waals surface area contributed by atoms with Gasteiger partial charge in [0.1, 0.15) is 11.4 Å². The minimum atomic E-state index is -0.754. The standard InChI is InChI=1S/C15H19BrFNO2/c1-2-6-15(14(19)20)7-3-8-18(15)10-11-4-5-13(17)12(16)9-11/h4-5,9H,2-3,6-8,10H2,1H3,(H,19,20). The molecule has 2 rings (SSSR count). The Labute approximate surface area is 126 Å². The predicted octanol–water partition coefficient (Wildman–Crippen LogP) is 3.81. The number of halogens is 2. The van der Waals surface area contributed by atoms with Crippen molar-refractivity contribution in [1.29, 1.82) is 0 Å². The van der Waals surface area contributed by atoms with Gasteiger partial charge in [-0.25, -0.2) is 4.39 Å².